The number of nitrogens with zero attached hydrogens (tertiary/aromatic N) is 1. The van der Waals surface area contributed by atoms with Crippen LogP contribution in [0.4, 0.5) is 20.2 Å². The largest absolute Gasteiger partial charge is 0.457 e. The summed E-state index contributed by atoms with van der Waals surface area (Å²) in [6, 6.07) is 6.66. The highest BCUT2D eigenvalue weighted by molar-refractivity contribution is 5.56. The highest BCUT2D eigenvalue weighted by Crippen LogP contribution is 2.29. The first-order valence-electron chi connectivity index (χ1n) is 5.38. The van der Waals surface area contributed by atoms with E-state index in [0.717, 1.165) is 18.2 Å². The second-order valence-corrected chi connectivity index (χ2v) is 3.80. The van der Waals surface area contributed by atoms with E-state index in [0.29, 0.717) is 0 Å². The van der Waals surface area contributed by atoms with Gasteiger partial charge in [0.25, 0.3) is 5.69 Å². The van der Waals surface area contributed by atoms with Gasteiger partial charge < -0.3 is 10.2 Å². The summed E-state index contributed by atoms with van der Waals surface area (Å²) in [5.41, 5.74) is 2.25. The third kappa shape index (κ3) is 2.98. The Kier molecular flexibility index (Phi) is 3.76. The maximum absolute atomic E-state index is 13.0. The van der Waals surface area contributed by atoms with E-state index in [-0.39, 0.29) is 22.9 Å². The van der Waals surface area contributed by atoms with Crippen LogP contribution in [0.1, 0.15) is 0 Å². The van der Waals surface area contributed by atoms with Crippen LogP contribution in [-0.2, 0) is 0 Å². The molecule has 0 atom stereocenters. The van der Waals surface area contributed by atoms with Crippen molar-refractivity contribution >= 4 is 11.4 Å². The molecule has 6 nitrogen and oxygen atoms in total. The van der Waals surface area contributed by atoms with Gasteiger partial charge in [0.2, 0.25) is 0 Å². The normalized spacial score (nSPS) is 10.2. The number of nitrogen functional groups attached to an aromatic ring is 1. The number of nitrogens with one attached hydrogen (secondary N) is 1. The number of halogens is 2. The summed E-state index contributed by atoms with van der Waals surface area (Å²) in [5.74, 6) is 3.17. The van der Waals surface area contributed by atoms with Crippen molar-refractivity contribution in [3.8, 4) is 11.5 Å². The van der Waals surface area contributed by atoms with Gasteiger partial charge in [-0.15, -0.1) is 0 Å². The van der Waals surface area contributed by atoms with Crippen LogP contribution in [0.25, 0.3) is 0 Å². The molecule has 0 unspecified atom stereocenters. The molecule has 0 saturated carbocycles. The number of ether oxygens (including phenoxy) is 1. The average molecular weight is 281 g/mol. The van der Waals surface area contributed by atoms with Crippen molar-refractivity contribution in [2.45, 2.75) is 0 Å². The Morgan fingerprint density at radius 1 is 1.10 bits per heavy atom. The predicted molar refractivity (Wildman–Crippen MR) is 67.3 cm³/mol. The highest BCUT2D eigenvalue weighted by atomic mass is 19.2. The topological polar surface area (TPSA) is 90.4 Å². The Morgan fingerprint density at radius 2 is 1.85 bits per heavy atom. The van der Waals surface area contributed by atoms with Crippen LogP contribution in [0.5, 0.6) is 11.5 Å². The van der Waals surface area contributed by atoms with Crippen LogP contribution in [0.3, 0.4) is 0 Å². The number of anilines is 1. The van der Waals surface area contributed by atoms with E-state index in [1.807, 2.05) is 0 Å². The van der Waals surface area contributed by atoms with Crippen molar-refractivity contribution in [3.05, 3.63) is 58.1 Å². The summed E-state index contributed by atoms with van der Waals surface area (Å²) in [4.78, 5) is 10.1. The molecule has 8 heteroatoms. The zero-order valence-corrected chi connectivity index (χ0v) is 9.97. The number of nitro benzene ring substituents is 1. The molecule has 2 aromatic carbocycles. The first kappa shape index (κ1) is 13.7. The van der Waals surface area contributed by atoms with Crippen LogP contribution in [0, 0.1) is 21.7 Å². The number of nitrogens with two attached hydrogens (primary N) is 1. The zero-order chi connectivity index (χ0) is 14.7. The van der Waals surface area contributed by atoms with Crippen molar-refractivity contribution in [2.24, 2.45) is 5.84 Å². The van der Waals surface area contributed by atoms with Gasteiger partial charge >= 0.3 is 0 Å². The van der Waals surface area contributed by atoms with E-state index in [1.165, 1.54) is 18.2 Å². The van der Waals surface area contributed by atoms with Gasteiger partial charge in [0, 0.05) is 18.2 Å². The quantitative estimate of drug-likeness (QED) is 0.511. The standard InChI is InChI=1S/C12H9F2N3O3/c13-11-2-1-9(6-12(11)14)20-10-4-7(16-15)3-8(5-10)17(18)19/h1-6,16H,15H2. The number of rotatable bonds is 4. The Morgan fingerprint density at radius 3 is 2.45 bits per heavy atom. The fraction of sp³-hybridized carbons (Fsp3) is 0. The molecule has 0 aliphatic carbocycles. The molecular weight excluding hydrogens is 272 g/mol. The van der Waals surface area contributed by atoms with Gasteiger partial charge in [0.1, 0.15) is 11.5 Å². The monoisotopic (exact) mass is 281 g/mol. The van der Waals surface area contributed by atoms with E-state index in [9.17, 15) is 18.9 Å². The molecule has 2 aromatic rings. The lowest BCUT2D eigenvalue weighted by atomic mass is 10.2. The van der Waals surface area contributed by atoms with Crippen molar-refractivity contribution < 1.29 is 18.4 Å². The third-order valence-corrected chi connectivity index (χ3v) is 2.40. The summed E-state index contributed by atoms with van der Waals surface area (Å²) >= 11 is 0. The molecule has 0 saturated heterocycles. The third-order valence-electron chi connectivity index (χ3n) is 2.40. The average Bonchev–Trinajstić information content (AvgIpc) is 2.42. The summed E-state index contributed by atoms with van der Waals surface area (Å²) in [7, 11) is 0. The Balaban J connectivity index is 2.34. The van der Waals surface area contributed by atoms with Gasteiger partial charge in [0.05, 0.1) is 16.7 Å². The summed E-state index contributed by atoms with van der Waals surface area (Å²) in [6.07, 6.45) is 0. The fourth-order valence-corrected chi connectivity index (χ4v) is 1.51. The van der Waals surface area contributed by atoms with Crippen molar-refractivity contribution in [3.63, 3.8) is 0 Å². The molecule has 0 amide bonds. The molecule has 2 rings (SSSR count). The van der Waals surface area contributed by atoms with Crippen LogP contribution >= 0.6 is 0 Å². The van der Waals surface area contributed by atoms with Crippen molar-refractivity contribution in [2.75, 3.05) is 5.43 Å². The Hall–Kier alpha value is -2.74. The second-order valence-electron chi connectivity index (χ2n) is 3.80. The lowest BCUT2D eigenvalue weighted by Crippen LogP contribution is -2.07. The molecule has 0 bridgehead atoms. The van der Waals surface area contributed by atoms with Gasteiger partial charge in [-0.2, -0.15) is 0 Å². The van der Waals surface area contributed by atoms with Crippen LogP contribution in [0.15, 0.2) is 36.4 Å². The van der Waals surface area contributed by atoms with E-state index < -0.39 is 16.6 Å². The fourth-order valence-electron chi connectivity index (χ4n) is 1.51. The maximum atomic E-state index is 13.0. The first-order valence-corrected chi connectivity index (χ1v) is 5.38. The zero-order valence-electron chi connectivity index (χ0n) is 9.97. The van der Waals surface area contributed by atoms with Crippen molar-refractivity contribution in [1.29, 1.82) is 0 Å². The van der Waals surface area contributed by atoms with Gasteiger partial charge in [-0.05, 0) is 12.1 Å². The van der Waals surface area contributed by atoms with Gasteiger partial charge in [-0.3, -0.25) is 16.0 Å². The van der Waals surface area contributed by atoms with E-state index in [4.69, 9.17) is 10.6 Å². The van der Waals surface area contributed by atoms with E-state index in [1.54, 1.807) is 0 Å². The molecule has 20 heavy (non-hydrogen) atoms. The molecule has 0 aromatic heterocycles. The molecule has 0 spiro atoms. The van der Waals surface area contributed by atoms with Crippen molar-refractivity contribution in [1.82, 2.24) is 0 Å². The van der Waals surface area contributed by atoms with Gasteiger partial charge in [-0.1, -0.05) is 0 Å². The number of benzene rings is 2. The molecule has 0 radical (unpaired) electrons. The number of nitro groups is 1. The van der Waals surface area contributed by atoms with Crippen LogP contribution < -0.4 is 16.0 Å². The molecule has 104 valence electrons. The van der Waals surface area contributed by atoms with Gasteiger partial charge in [-0.25, -0.2) is 8.78 Å². The maximum Gasteiger partial charge on any atom is 0.275 e. The molecule has 0 aliphatic rings. The minimum Gasteiger partial charge on any atom is -0.457 e. The van der Waals surface area contributed by atoms with Crippen LogP contribution in [-0.4, -0.2) is 4.92 Å². The molecule has 0 fully saturated rings. The summed E-state index contributed by atoms with van der Waals surface area (Å²) in [6.45, 7) is 0. The number of hydrogen-bond acceptors (Lipinski definition) is 5. The first-order chi connectivity index (χ1) is 9.49. The lowest BCUT2D eigenvalue weighted by Gasteiger charge is -2.08. The molecule has 3 N–H and O–H groups in total. The molecule has 0 heterocycles. The minimum absolute atomic E-state index is 0.00682. The SMILES string of the molecule is NNc1cc(Oc2ccc(F)c(F)c2)cc([N+](=O)[O-])c1. The summed E-state index contributed by atoms with van der Waals surface area (Å²) < 4.78 is 31.1. The highest BCUT2D eigenvalue weighted by Gasteiger charge is 2.11. The van der Waals surface area contributed by atoms with E-state index in [2.05, 4.69) is 5.43 Å². The van der Waals surface area contributed by atoms with Gasteiger partial charge in [0.15, 0.2) is 11.6 Å². The number of hydrogen-bond donors (Lipinski definition) is 2. The Labute approximate surface area is 111 Å². The van der Waals surface area contributed by atoms with E-state index >= 15 is 0 Å². The van der Waals surface area contributed by atoms with Crippen LogP contribution in [0.2, 0.25) is 0 Å². The Bertz CT molecular complexity index is 664. The second kappa shape index (κ2) is 5.49. The minimum atomic E-state index is -1.08. The molecule has 0 aliphatic heterocycles. The predicted octanol–water partition coefficient (Wildman–Crippen LogP) is 2.95. The number of hydrazine groups is 1. The number of non-ortho nitro benzene ring substituents is 1. The smallest absolute Gasteiger partial charge is 0.275 e. The summed E-state index contributed by atoms with van der Waals surface area (Å²) in [5, 5.41) is 10.7. The molecular formula is C12H9F2N3O3. The lowest BCUT2D eigenvalue weighted by molar-refractivity contribution is -0.384.